The van der Waals surface area contributed by atoms with Gasteiger partial charge in [-0.3, -0.25) is 19.1 Å². The fourth-order valence-electron chi connectivity index (χ4n) is 8.26. The summed E-state index contributed by atoms with van der Waals surface area (Å²) in [6.07, 6.45) is 7.26. The molecule has 3 aromatic heterocycles. The normalized spacial score (nSPS) is 22.2. The fraction of sp³-hybridized carbons (Fsp3) is 0.444. The molecule has 2 amide bonds. The van der Waals surface area contributed by atoms with E-state index in [0.717, 1.165) is 37.2 Å². The van der Waals surface area contributed by atoms with E-state index in [0.29, 0.717) is 31.0 Å². The topological polar surface area (TPSA) is 171 Å². The van der Waals surface area contributed by atoms with Crippen molar-refractivity contribution >= 4 is 59.3 Å². The monoisotopic (exact) mass is 850 g/mol. The number of benzene rings is 2. The van der Waals surface area contributed by atoms with Gasteiger partial charge in [0.1, 0.15) is 22.9 Å². The summed E-state index contributed by atoms with van der Waals surface area (Å²) in [4.78, 5) is 63.3. The van der Waals surface area contributed by atoms with Crippen LogP contribution in [0.3, 0.4) is 0 Å². The van der Waals surface area contributed by atoms with Crippen LogP contribution < -0.4 is 14.2 Å². The third-order valence-electron chi connectivity index (χ3n) is 11.8. The van der Waals surface area contributed by atoms with Gasteiger partial charge in [0.2, 0.25) is 27.7 Å². The first kappa shape index (κ1) is 41.5. The molecule has 0 bridgehead atoms. The molecule has 1 N–H and O–H groups in total. The molecule has 1 aliphatic heterocycles. The number of nitrogens with one attached hydrogen (secondary N) is 1. The molecule has 2 saturated carbocycles. The zero-order valence-corrected chi connectivity index (χ0v) is 36.1. The Morgan fingerprint density at radius 1 is 1.05 bits per heavy atom. The minimum atomic E-state index is -3.86. The summed E-state index contributed by atoms with van der Waals surface area (Å²) in [5, 5.41) is 0.349. The Morgan fingerprint density at radius 3 is 2.42 bits per heavy atom. The van der Waals surface area contributed by atoms with E-state index in [4.69, 9.17) is 19.4 Å². The summed E-state index contributed by atoms with van der Waals surface area (Å²) in [7, 11) is -3.86. The van der Waals surface area contributed by atoms with Crippen molar-refractivity contribution in [1.29, 1.82) is 0 Å². The van der Waals surface area contributed by atoms with Crippen molar-refractivity contribution in [2.45, 2.75) is 96.6 Å². The quantitative estimate of drug-likeness (QED) is 0.107. The number of fused-ring (bicyclic) bond motifs is 3. The molecule has 3 aliphatic rings. The van der Waals surface area contributed by atoms with Crippen LogP contribution in [0.4, 0.5) is 0 Å². The highest BCUT2D eigenvalue weighted by molar-refractivity contribution is 7.90. The lowest BCUT2D eigenvalue weighted by molar-refractivity contribution is -0.144. The molecule has 0 radical (unpaired) electrons. The molecule has 0 unspecified atom stereocenters. The number of allylic oxidation sites excluding steroid dienone is 1. The van der Waals surface area contributed by atoms with Gasteiger partial charge in [-0.25, -0.2) is 23.4 Å². The number of amides is 2. The third kappa shape index (κ3) is 8.38. The van der Waals surface area contributed by atoms with Gasteiger partial charge in [-0.15, -0.1) is 17.9 Å². The average Bonchev–Trinajstić information content (AvgIpc) is 4.12. The number of thiophene rings is 1. The summed E-state index contributed by atoms with van der Waals surface area (Å²) < 4.78 is 42.5. The summed E-state index contributed by atoms with van der Waals surface area (Å²) in [5.41, 5.74) is 0.468. The van der Waals surface area contributed by atoms with E-state index in [1.54, 1.807) is 23.4 Å². The number of aromatic nitrogens is 4. The molecule has 3 fully saturated rings. The maximum absolute atomic E-state index is 14.9. The van der Waals surface area contributed by atoms with Gasteiger partial charge >= 0.3 is 0 Å². The number of carbonyl (C=O) groups is 3. The third-order valence-corrected chi connectivity index (χ3v) is 14.8. The lowest BCUT2D eigenvalue weighted by atomic mass is 9.76. The van der Waals surface area contributed by atoms with Gasteiger partial charge in [-0.05, 0) is 86.8 Å². The number of Topliss-reactive ketones (excluding diaryl/α,β-unsaturated/α-hetero) is 1. The van der Waals surface area contributed by atoms with Crippen molar-refractivity contribution in [3.63, 3.8) is 0 Å². The van der Waals surface area contributed by atoms with Crippen molar-refractivity contribution in [1.82, 2.24) is 29.6 Å². The number of hydrogen-bond donors (Lipinski definition) is 1. The highest BCUT2D eigenvalue weighted by Crippen LogP contribution is 2.57. The van der Waals surface area contributed by atoms with E-state index >= 15 is 0 Å². The molecular formula is C45H50N6O7S2. The van der Waals surface area contributed by atoms with E-state index in [2.05, 4.69) is 21.3 Å². The van der Waals surface area contributed by atoms with E-state index in [1.807, 2.05) is 83.1 Å². The SMILES string of the molecule is C=C[C@@H]1C[C@]1(CC(=O)[C@@H]1C[C@@H](Oc2nc(-c3ccc(OC(C)C)cc3)nc3c2sc2ccccc23)CN1C(=O)[C@@H](Cc1cncnc1)C(C)(C)C)C(=O)NS(=O)(=O)C1CC1. The van der Waals surface area contributed by atoms with Crippen molar-refractivity contribution in [2.24, 2.45) is 22.7 Å². The second kappa shape index (κ2) is 16.0. The molecular weight excluding hydrogens is 801 g/mol. The molecule has 8 rings (SSSR count). The van der Waals surface area contributed by atoms with Gasteiger partial charge in [0.25, 0.3) is 0 Å². The molecule has 15 heteroatoms. The second-order valence-corrected chi connectivity index (χ2v) is 20.7. The van der Waals surface area contributed by atoms with Gasteiger partial charge in [-0.2, -0.15) is 4.98 Å². The van der Waals surface area contributed by atoms with Gasteiger partial charge in [0.15, 0.2) is 11.6 Å². The predicted molar refractivity (Wildman–Crippen MR) is 230 cm³/mol. The van der Waals surface area contributed by atoms with Gasteiger partial charge < -0.3 is 14.4 Å². The van der Waals surface area contributed by atoms with Gasteiger partial charge in [0.05, 0.1) is 34.9 Å². The van der Waals surface area contributed by atoms with Crippen molar-refractivity contribution in [3.05, 3.63) is 85.5 Å². The van der Waals surface area contributed by atoms with Crippen LogP contribution in [0.1, 0.15) is 72.3 Å². The van der Waals surface area contributed by atoms with Crippen LogP contribution in [0.5, 0.6) is 11.6 Å². The van der Waals surface area contributed by atoms with E-state index < -0.39 is 50.1 Å². The molecule has 4 heterocycles. The molecule has 314 valence electrons. The number of hydrogen-bond acceptors (Lipinski definition) is 12. The number of carbonyl (C=O) groups excluding carboxylic acids is 3. The van der Waals surface area contributed by atoms with Gasteiger partial charge in [0, 0.05) is 46.8 Å². The highest BCUT2D eigenvalue weighted by atomic mass is 32.2. The first-order valence-corrected chi connectivity index (χ1v) is 22.8. The molecule has 5 atom stereocenters. The molecule has 2 aromatic carbocycles. The Morgan fingerprint density at radius 2 is 1.77 bits per heavy atom. The summed E-state index contributed by atoms with van der Waals surface area (Å²) >= 11 is 1.51. The first-order chi connectivity index (χ1) is 28.6. The minimum Gasteiger partial charge on any atom is -0.491 e. The summed E-state index contributed by atoms with van der Waals surface area (Å²) in [6, 6.07) is 14.6. The van der Waals surface area contributed by atoms with E-state index in [1.165, 1.54) is 17.7 Å². The largest absolute Gasteiger partial charge is 0.491 e. The number of rotatable bonds is 15. The highest BCUT2D eigenvalue weighted by Gasteiger charge is 2.61. The number of sulfonamides is 1. The fourth-order valence-corrected chi connectivity index (χ4v) is 10.7. The molecule has 0 spiro atoms. The number of likely N-dealkylation sites (tertiary alicyclic amines) is 1. The molecule has 5 aromatic rings. The van der Waals surface area contributed by atoms with Crippen LogP contribution >= 0.6 is 11.3 Å². The zero-order chi connectivity index (χ0) is 42.6. The van der Waals surface area contributed by atoms with Crippen LogP contribution in [0, 0.1) is 22.7 Å². The van der Waals surface area contributed by atoms with E-state index in [9.17, 15) is 22.8 Å². The van der Waals surface area contributed by atoms with E-state index in [-0.39, 0.29) is 49.5 Å². The Hall–Kier alpha value is -5.28. The Balaban J connectivity index is 1.14. The van der Waals surface area contributed by atoms with Crippen LogP contribution in [0.15, 0.2) is 79.9 Å². The lowest BCUT2D eigenvalue weighted by Crippen LogP contribution is -2.48. The maximum atomic E-state index is 14.9. The number of nitrogens with zero attached hydrogens (tertiary/aromatic N) is 5. The smallest absolute Gasteiger partial charge is 0.240 e. The van der Waals surface area contributed by atoms with Crippen molar-refractivity contribution in [3.8, 4) is 23.0 Å². The maximum Gasteiger partial charge on any atom is 0.240 e. The van der Waals surface area contributed by atoms with Gasteiger partial charge in [-0.1, -0.05) is 45.0 Å². The number of ether oxygens (including phenoxy) is 2. The van der Waals surface area contributed by atoms with Crippen molar-refractivity contribution in [2.75, 3.05) is 6.54 Å². The lowest BCUT2D eigenvalue weighted by Gasteiger charge is -2.35. The van der Waals surface area contributed by atoms with Crippen molar-refractivity contribution < 1.29 is 32.3 Å². The molecule has 1 saturated heterocycles. The summed E-state index contributed by atoms with van der Waals surface area (Å²) in [6.45, 7) is 13.9. The number of ketones is 1. The zero-order valence-electron chi connectivity index (χ0n) is 34.5. The molecule has 2 aliphatic carbocycles. The Bertz CT molecular complexity index is 2570. The Kier molecular flexibility index (Phi) is 11.0. The minimum absolute atomic E-state index is 0.0130. The van der Waals surface area contributed by atoms with Crippen LogP contribution in [0.25, 0.3) is 31.7 Å². The standard InChI is InChI=1S/C45H50N6O7S2/c1-7-29-20-45(29,43(54)50-60(55,56)32-16-17-32)21-36(52)35-19-31(24-51(35)42(53)34(44(4,5)6)18-27-22-46-25-47-23-27)58-41-39-38(33-10-8-9-11-37(33)59-39)48-40(49-41)28-12-14-30(15-13-28)57-26(2)3/h7-15,22-23,25-26,29,31-32,34-35H,1,16-21,24H2,2-6H3,(H,50,54)/t29-,31-,34-,35+,45-/m1/s1. The summed E-state index contributed by atoms with van der Waals surface area (Å²) in [5.74, 6) is -0.712. The molecule has 13 nitrogen and oxygen atoms in total. The predicted octanol–water partition coefficient (Wildman–Crippen LogP) is 7.10. The van der Waals surface area contributed by atoms with Crippen LogP contribution in [-0.4, -0.2) is 80.9 Å². The first-order valence-electron chi connectivity index (χ1n) is 20.4. The van der Waals surface area contributed by atoms with Crippen LogP contribution in [-0.2, 0) is 30.8 Å². The van der Waals surface area contributed by atoms with Crippen LogP contribution in [0.2, 0.25) is 0 Å². The Labute approximate surface area is 354 Å². The second-order valence-electron chi connectivity index (χ2n) is 17.7. The molecule has 60 heavy (non-hydrogen) atoms. The average molecular weight is 851 g/mol.